The van der Waals surface area contributed by atoms with E-state index in [9.17, 15) is 13.9 Å². The second-order valence-corrected chi connectivity index (χ2v) is 6.18. The van der Waals surface area contributed by atoms with E-state index in [-0.39, 0.29) is 12.4 Å². The molecule has 0 aromatic heterocycles. The highest BCUT2D eigenvalue weighted by atomic mass is 32.3. The zero-order valence-electron chi connectivity index (χ0n) is 10.7. The average molecular weight is 288 g/mol. The van der Waals surface area contributed by atoms with E-state index >= 15 is 0 Å². The molecule has 2 rings (SSSR count). The minimum absolute atomic E-state index is 0.0373. The fraction of sp³-hybridized carbons (Fsp3) is 0.417. The molecule has 0 saturated carbocycles. The second-order valence-electron chi connectivity index (χ2n) is 4.40. The second kappa shape index (κ2) is 5.38. The number of ether oxygens (including phenoxy) is 2. The van der Waals surface area contributed by atoms with Crippen LogP contribution in [0.5, 0.6) is 5.75 Å². The van der Waals surface area contributed by atoms with Crippen LogP contribution in [0.15, 0.2) is 18.2 Å². The Kier molecular flexibility index (Phi) is 4.00. The maximum Gasteiger partial charge on any atom is 0.514 e. The number of carbonyl (C=O) groups excluding carboxylic acids is 1. The first-order chi connectivity index (χ1) is 8.85. The lowest BCUT2D eigenvalue weighted by Crippen LogP contribution is -2.23. The molecule has 2 N–H and O–H groups in total. The van der Waals surface area contributed by atoms with Crippen LogP contribution in [-0.4, -0.2) is 33.7 Å². The van der Waals surface area contributed by atoms with Gasteiger partial charge in [-0.25, -0.2) is 4.79 Å². The molecule has 6 nitrogen and oxygen atoms in total. The van der Waals surface area contributed by atoms with E-state index in [4.69, 9.17) is 13.7 Å². The Bertz CT molecular complexity index is 487. The summed E-state index contributed by atoms with van der Waals surface area (Å²) in [7, 11) is -3.06. The number of rotatable bonds is 2. The molecule has 1 atom stereocenters. The summed E-state index contributed by atoms with van der Waals surface area (Å²) in [5.41, 5.74) is 2.10. The highest BCUT2D eigenvalue weighted by Gasteiger charge is 2.35. The van der Waals surface area contributed by atoms with Gasteiger partial charge in [-0.15, -0.1) is 0 Å². The van der Waals surface area contributed by atoms with Crippen LogP contribution in [0.4, 0.5) is 4.79 Å². The molecule has 1 aliphatic rings. The Morgan fingerprint density at radius 2 is 2.11 bits per heavy atom. The lowest BCUT2D eigenvalue weighted by atomic mass is 10.1. The number of hydrogen-bond donors (Lipinski definition) is 2. The molecule has 1 aliphatic heterocycles. The summed E-state index contributed by atoms with van der Waals surface area (Å²) in [4.78, 5) is 11.5. The fourth-order valence-electron chi connectivity index (χ4n) is 1.63. The van der Waals surface area contributed by atoms with Crippen molar-refractivity contribution in [1.82, 2.24) is 0 Å². The first-order valence-corrected chi connectivity index (χ1v) is 7.36. The van der Waals surface area contributed by atoms with Crippen molar-refractivity contribution in [3.63, 3.8) is 0 Å². The van der Waals surface area contributed by atoms with Crippen LogP contribution in [0.2, 0.25) is 0 Å². The van der Waals surface area contributed by atoms with Crippen LogP contribution in [0.1, 0.15) is 11.1 Å². The molecule has 0 amide bonds. The van der Waals surface area contributed by atoms with Crippen molar-refractivity contribution < 1.29 is 27.6 Å². The van der Waals surface area contributed by atoms with Gasteiger partial charge < -0.3 is 18.6 Å². The van der Waals surface area contributed by atoms with Gasteiger partial charge in [0.25, 0.3) is 0 Å². The zero-order valence-corrected chi connectivity index (χ0v) is 11.5. The Morgan fingerprint density at radius 3 is 2.68 bits per heavy atom. The number of aryl methyl sites for hydroxylation is 2. The average Bonchev–Trinajstić information content (AvgIpc) is 2.63. The number of benzene rings is 1. The first-order valence-electron chi connectivity index (χ1n) is 5.72. The van der Waals surface area contributed by atoms with Crippen molar-refractivity contribution in [1.29, 1.82) is 0 Å². The van der Waals surface area contributed by atoms with Gasteiger partial charge in [0.2, 0.25) is 0 Å². The van der Waals surface area contributed by atoms with Gasteiger partial charge in [0.1, 0.15) is 18.5 Å². The SMILES string of the molecule is Cc1ccc(OC(=O)OC2COS(O)(O)C2)cc1C. The van der Waals surface area contributed by atoms with Crippen LogP contribution in [0, 0.1) is 13.8 Å². The van der Waals surface area contributed by atoms with Crippen molar-refractivity contribution in [3.8, 4) is 5.75 Å². The highest BCUT2D eigenvalue weighted by Crippen LogP contribution is 2.45. The molecule has 0 spiro atoms. The lowest BCUT2D eigenvalue weighted by molar-refractivity contribution is 0.0569. The highest BCUT2D eigenvalue weighted by molar-refractivity contribution is 8.20. The standard InChI is InChI=1S/C12H16O6S/c1-8-3-4-10(5-9(8)2)17-12(13)18-11-6-16-19(14,15)7-11/h3-5,11,14-15H,6-7H2,1-2H3. The van der Waals surface area contributed by atoms with Crippen LogP contribution >= 0.6 is 10.9 Å². The summed E-state index contributed by atoms with van der Waals surface area (Å²) in [6.45, 7) is 3.83. The molecule has 1 aromatic carbocycles. The number of carbonyl (C=O) groups is 1. The van der Waals surface area contributed by atoms with Gasteiger partial charge >= 0.3 is 6.16 Å². The predicted octanol–water partition coefficient (Wildman–Crippen LogP) is 2.88. The van der Waals surface area contributed by atoms with Gasteiger partial charge in [-0.2, -0.15) is 0 Å². The van der Waals surface area contributed by atoms with Gasteiger partial charge in [-0.05, 0) is 37.1 Å². The van der Waals surface area contributed by atoms with E-state index in [1.165, 1.54) is 0 Å². The quantitative estimate of drug-likeness (QED) is 0.643. The lowest BCUT2D eigenvalue weighted by Gasteiger charge is -2.17. The van der Waals surface area contributed by atoms with E-state index in [1.54, 1.807) is 12.1 Å². The van der Waals surface area contributed by atoms with Crippen molar-refractivity contribution in [2.24, 2.45) is 0 Å². The molecule has 0 aliphatic carbocycles. The summed E-state index contributed by atoms with van der Waals surface area (Å²) in [5.74, 6) is 0.272. The van der Waals surface area contributed by atoms with Gasteiger partial charge in [0.05, 0.1) is 16.6 Å². The molecule has 0 bridgehead atoms. The third-order valence-electron chi connectivity index (χ3n) is 2.79. The monoisotopic (exact) mass is 288 g/mol. The van der Waals surface area contributed by atoms with E-state index in [0.29, 0.717) is 5.75 Å². The molecule has 7 heteroatoms. The summed E-state index contributed by atoms with van der Waals surface area (Å²) in [6, 6.07) is 5.24. The van der Waals surface area contributed by atoms with Crippen LogP contribution < -0.4 is 4.74 Å². The van der Waals surface area contributed by atoms with Crippen LogP contribution in [0.3, 0.4) is 0 Å². The molecule has 19 heavy (non-hydrogen) atoms. The molecular weight excluding hydrogens is 272 g/mol. The largest absolute Gasteiger partial charge is 0.514 e. The minimum Gasteiger partial charge on any atom is -0.427 e. The van der Waals surface area contributed by atoms with Gasteiger partial charge in [0, 0.05) is 0 Å². The molecule has 1 heterocycles. The summed E-state index contributed by atoms with van der Waals surface area (Å²) in [6.07, 6.45) is -1.57. The van der Waals surface area contributed by atoms with Crippen molar-refractivity contribution in [3.05, 3.63) is 29.3 Å². The summed E-state index contributed by atoms with van der Waals surface area (Å²) >= 11 is 0. The molecule has 1 aromatic rings. The first kappa shape index (κ1) is 14.1. The van der Waals surface area contributed by atoms with Gasteiger partial charge in [0.15, 0.2) is 0 Å². The van der Waals surface area contributed by atoms with Crippen molar-refractivity contribution in [2.75, 3.05) is 12.4 Å². The van der Waals surface area contributed by atoms with E-state index < -0.39 is 23.1 Å². The molecule has 1 saturated heterocycles. The molecule has 106 valence electrons. The van der Waals surface area contributed by atoms with E-state index in [0.717, 1.165) is 11.1 Å². The maximum atomic E-state index is 11.5. The summed E-state index contributed by atoms with van der Waals surface area (Å²) in [5, 5.41) is 0. The fourth-order valence-corrected chi connectivity index (χ4v) is 2.74. The predicted molar refractivity (Wildman–Crippen MR) is 70.5 cm³/mol. The zero-order chi connectivity index (χ0) is 14.0. The van der Waals surface area contributed by atoms with E-state index in [2.05, 4.69) is 0 Å². The van der Waals surface area contributed by atoms with Gasteiger partial charge in [-0.1, -0.05) is 6.07 Å². The van der Waals surface area contributed by atoms with E-state index in [1.807, 2.05) is 19.9 Å². The molecule has 0 radical (unpaired) electrons. The number of hydrogen-bond acceptors (Lipinski definition) is 6. The summed E-state index contributed by atoms with van der Waals surface area (Å²) < 4.78 is 33.1. The third-order valence-corrected chi connectivity index (χ3v) is 4.11. The Labute approximate surface area is 112 Å². The Hall–Kier alpha value is -1.28. The molecular formula is C12H16O6S. The molecule has 1 unspecified atom stereocenters. The minimum atomic E-state index is -3.06. The van der Waals surface area contributed by atoms with Crippen molar-refractivity contribution >= 4 is 17.0 Å². The Morgan fingerprint density at radius 1 is 1.37 bits per heavy atom. The normalized spacial score (nSPS) is 22.8. The van der Waals surface area contributed by atoms with Crippen LogP contribution in [0.25, 0.3) is 0 Å². The maximum absolute atomic E-state index is 11.5. The topological polar surface area (TPSA) is 85.2 Å². The Balaban J connectivity index is 1.89. The van der Waals surface area contributed by atoms with Crippen molar-refractivity contribution in [2.45, 2.75) is 20.0 Å². The smallest absolute Gasteiger partial charge is 0.427 e. The van der Waals surface area contributed by atoms with Gasteiger partial charge in [-0.3, -0.25) is 4.18 Å². The third kappa shape index (κ3) is 3.84. The molecule has 1 fully saturated rings. The van der Waals surface area contributed by atoms with Crippen LogP contribution in [-0.2, 0) is 8.92 Å².